The van der Waals surface area contributed by atoms with Gasteiger partial charge in [-0.3, -0.25) is 4.79 Å². The van der Waals surface area contributed by atoms with E-state index in [1.54, 1.807) is 6.07 Å². The quantitative estimate of drug-likeness (QED) is 0.813. The lowest BCUT2D eigenvalue weighted by atomic mass is 9.87. The van der Waals surface area contributed by atoms with Gasteiger partial charge in [0.1, 0.15) is 0 Å². The first-order valence-electron chi connectivity index (χ1n) is 7.71. The maximum atomic E-state index is 12.6. The third kappa shape index (κ3) is 3.37. The highest BCUT2D eigenvalue weighted by Gasteiger charge is 2.30. The zero-order chi connectivity index (χ0) is 17.3. The second kappa shape index (κ2) is 6.19. The molecule has 2 aromatic rings. The lowest BCUT2D eigenvalue weighted by Crippen LogP contribution is -2.31. The van der Waals surface area contributed by atoms with Gasteiger partial charge < -0.3 is 11.1 Å². The van der Waals surface area contributed by atoms with Crippen LogP contribution in [0, 0.1) is 0 Å². The Morgan fingerprint density at radius 2 is 1.83 bits per heavy atom. The first-order chi connectivity index (χ1) is 11.3. The molecule has 3 nitrogen and oxygen atoms in total. The Hall–Kier alpha value is -2.50. The van der Waals surface area contributed by atoms with E-state index in [1.807, 2.05) is 12.1 Å². The second-order valence-electron chi connectivity index (χ2n) is 5.95. The van der Waals surface area contributed by atoms with Crippen LogP contribution in [-0.2, 0) is 12.6 Å². The second-order valence-corrected chi connectivity index (χ2v) is 5.95. The van der Waals surface area contributed by atoms with Gasteiger partial charge >= 0.3 is 6.18 Å². The fourth-order valence-corrected chi connectivity index (χ4v) is 3.04. The Kier molecular flexibility index (Phi) is 4.22. The molecule has 0 aromatic heterocycles. The lowest BCUT2D eigenvalue weighted by Gasteiger charge is -2.26. The van der Waals surface area contributed by atoms with E-state index in [-0.39, 0.29) is 17.5 Å². The van der Waals surface area contributed by atoms with Crippen LogP contribution in [-0.4, -0.2) is 5.91 Å². The minimum atomic E-state index is -4.41. The third-order valence-corrected chi connectivity index (χ3v) is 4.26. The molecule has 126 valence electrons. The van der Waals surface area contributed by atoms with E-state index in [1.165, 1.54) is 12.1 Å². The van der Waals surface area contributed by atoms with E-state index in [4.69, 9.17) is 5.73 Å². The summed E-state index contributed by atoms with van der Waals surface area (Å²) in [6.07, 6.45) is -1.78. The number of alkyl halides is 3. The number of benzene rings is 2. The summed E-state index contributed by atoms with van der Waals surface area (Å²) in [6.45, 7) is 0. The Labute approximate surface area is 137 Å². The number of fused-ring (bicyclic) bond motifs is 1. The van der Waals surface area contributed by atoms with Crippen LogP contribution >= 0.6 is 0 Å². The molecule has 1 amide bonds. The molecular formula is C18H17F3N2O. The Morgan fingerprint density at radius 1 is 1.12 bits per heavy atom. The van der Waals surface area contributed by atoms with Gasteiger partial charge in [-0.1, -0.05) is 6.07 Å². The minimum Gasteiger partial charge on any atom is -0.399 e. The number of carbonyl (C=O) groups excluding carboxylic acids is 1. The molecule has 24 heavy (non-hydrogen) atoms. The summed E-state index contributed by atoms with van der Waals surface area (Å²) in [5.41, 5.74) is 8.05. The number of nitrogen functional groups attached to an aromatic ring is 1. The molecule has 0 saturated carbocycles. The molecule has 0 fully saturated rings. The van der Waals surface area contributed by atoms with E-state index >= 15 is 0 Å². The van der Waals surface area contributed by atoms with Gasteiger partial charge in [0.05, 0.1) is 11.6 Å². The average Bonchev–Trinajstić information content (AvgIpc) is 2.54. The van der Waals surface area contributed by atoms with Crippen LogP contribution in [0.3, 0.4) is 0 Å². The normalized spacial score (nSPS) is 17.2. The van der Waals surface area contributed by atoms with Gasteiger partial charge in [0.15, 0.2) is 0 Å². The van der Waals surface area contributed by atoms with Crippen molar-refractivity contribution in [2.45, 2.75) is 31.5 Å². The zero-order valence-corrected chi connectivity index (χ0v) is 12.9. The average molecular weight is 334 g/mol. The van der Waals surface area contributed by atoms with Crippen molar-refractivity contribution in [3.63, 3.8) is 0 Å². The van der Waals surface area contributed by atoms with Crippen LogP contribution < -0.4 is 11.1 Å². The summed E-state index contributed by atoms with van der Waals surface area (Å²) < 4.78 is 37.7. The number of nitrogens with two attached hydrogens (primary N) is 1. The molecule has 2 aromatic carbocycles. The molecule has 0 spiro atoms. The number of rotatable bonds is 2. The smallest absolute Gasteiger partial charge is 0.399 e. The van der Waals surface area contributed by atoms with Crippen molar-refractivity contribution >= 4 is 11.6 Å². The molecule has 0 radical (unpaired) electrons. The van der Waals surface area contributed by atoms with Crippen molar-refractivity contribution < 1.29 is 18.0 Å². The fraction of sp³-hybridized carbons (Fsp3) is 0.278. The summed E-state index contributed by atoms with van der Waals surface area (Å²) in [6, 6.07) is 9.70. The molecule has 6 heteroatoms. The van der Waals surface area contributed by atoms with Crippen molar-refractivity contribution in [2.24, 2.45) is 0 Å². The van der Waals surface area contributed by atoms with Crippen LogP contribution in [0.4, 0.5) is 18.9 Å². The number of nitrogens with one attached hydrogen (secondary N) is 1. The van der Waals surface area contributed by atoms with E-state index in [0.29, 0.717) is 5.69 Å². The molecule has 0 bridgehead atoms. The van der Waals surface area contributed by atoms with Crippen LogP contribution in [0.2, 0.25) is 0 Å². The summed E-state index contributed by atoms with van der Waals surface area (Å²) >= 11 is 0. The van der Waals surface area contributed by atoms with Gasteiger partial charge in [-0.2, -0.15) is 13.2 Å². The maximum Gasteiger partial charge on any atom is 0.416 e. The highest BCUT2D eigenvalue weighted by molar-refractivity contribution is 5.94. The number of amides is 1. The molecule has 0 saturated heterocycles. The van der Waals surface area contributed by atoms with E-state index in [9.17, 15) is 18.0 Å². The van der Waals surface area contributed by atoms with Crippen LogP contribution in [0.1, 0.15) is 45.9 Å². The molecule has 1 aliphatic carbocycles. The number of halogens is 3. The summed E-state index contributed by atoms with van der Waals surface area (Å²) in [5, 5.41) is 2.91. The predicted molar refractivity (Wildman–Crippen MR) is 85.4 cm³/mol. The van der Waals surface area contributed by atoms with Gasteiger partial charge in [0.2, 0.25) is 0 Å². The topological polar surface area (TPSA) is 55.1 Å². The Balaban J connectivity index is 1.76. The molecule has 1 unspecified atom stereocenters. The van der Waals surface area contributed by atoms with Crippen molar-refractivity contribution in [1.82, 2.24) is 5.32 Å². The van der Waals surface area contributed by atoms with E-state index < -0.39 is 11.7 Å². The largest absolute Gasteiger partial charge is 0.416 e. The number of hydrogen-bond acceptors (Lipinski definition) is 2. The van der Waals surface area contributed by atoms with Crippen molar-refractivity contribution in [1.29, 1.82) is 0 Å². The number of aryl methyl sites for hydroxylation is 1. The predicted octanol–water partition coefficient (Wildman–Crippen LogP) is 4.10. The zero-order valence-electron chi connectivity index (χ0n) is 12.9. The minimum absolute atomic E-state index is 0.149. The standard InChI is InChI=1S/C18H17F3N2O/c19-18(20,21)13-6-4-11(5-7-13)17(24)23-16-3-1-2-12-10-14(22)8-9-15(12)16/h4-10,16H,1-3,22H2,(H,23,24). The molecule has 0 aliphatic heterocycles. The van der Waals surface area contributed by atoms with Crippen LogP contribution in [0.15, 0.2) is 42.5 Å². The first-order valence-corrected chi connectivity index (χ1v) is 7.71. The van der Waals surface area contributed by atoms with Crippen molar-refractivity contribution in [3.8, 4) is 0 Å². The van der Waals surface area contributed by atoms with Crippen molar-refractivity contribution in [2.75, 3.05) is 5.73 Å². The van der Waals surface area contributed by atoms with Crippen molar-refractivity contribution in [3.05, 3.63) is 64.7 Å². The SMILES string of the molecule is Nc1ccc2c(c1)CCCC2NC(=O)c1ccc(C(F)(F)F)cc1. The number of carbonyl (C=O) groups is 1. The highest BCUT2D eigenvalue weighted by Crippen LogP contribution is 2.32. The third-order valence-electron chi connectivity index (χ3n) is 4.26. The molecular weight excluding hydrogens is 317 g/mol. The highest BCUT2D eigenvalue weighted by atomic mass is 19.4. The van der Waals surface area contributed by atoms with Gasteiger partial charge in [0, 0.05) is 11.3 Å². The maximum absolute atomic E-state index is 12.6. The van der Waals surface area contributed by atoms with Gasteiger partial charge in [-0.05, 0) is 66.8 Å². The summed E-state index contributed by atoms with van der Waals surface area (Å²) in [5.74, 6) is -0.376. The number of hydrogen-bond donors (Lipinski definition) is 2. The van der Waals surface area contributed by atoms with Crippen LogP contribution in [0.25, 0.3) is 0 Å². The fourth-order valence-electron chi connectivity index (χ4n) is 3.04. The molecule has 1 atom stereocenters. The van der Waals surface area contributed by atoms with E-state index in [0.717, 1.165) is 42.5 Å². The van der Waals surface area contributed by atoms with Gasteiger partial charge in [-0.25, -0.2) is 0 Å². The molecule has 0 heterocycles. The monoisotopic (exact) mass is 334 g/mol. The number of anilines is 1. The van der Waals surface area contributed by atoms with Gasteiger partial charge in [-0.15, -0.1) is 0 Å². The Morgan fingerprint density at radius 3 is 2.50 bits per heavy atom. The first kappa shape index (κ1) is 16.4. The summed E-state index contributed by atoms with van der Waals surface area (Å²) in [7, 11) is 0. The van der Waals surface area contributed by atoms with Crippen LogP contribution in [0.5, 0.6) is 0 Å². The molecule has 1 aliphatic rings. The summed E-state index contributed by atoms with van der Waals surface area (Å²) in [4.78, 5) is 12.3. The molecule has 3 rings (SSSR count). The molecule has 3 N–H and O–H groups in total. The van der Waals surface area contributed by atoms with Gasteiger partial charge in [0.25, 0.3) is 5.91 Å². The lowest BCUT2D eigenvalue weighted by molar-refractivity contribution is -0.137. The van der Waals surface area contributed by atoms with E-state index in [2.05, 4.69) is 5.32 Å². The Bertz CT molecular complexity index is 754.